The molecule has 0 amide bonds. The van der Waals surface area contributed by atoms with Crippen LogP contribution >= 0.6 is 11.6 Å². The fourth-order valence-corrected chi connectivity index (χ4v) is 2.39. The molecule has 0 aliphatic carbocycles. The minimum atomic E-state index is -0.623. The van der Waals surface area contributed by atoms with Gasteiger partial charge in [-0.05, 0) is 25.1 Å². The third-order valence-electron chi connectivity index (χ3n) is 3.35. The summed E-state index contributed by atoms with van der Waals surface area (Å²) in [4.78, 5) is 18.8. The Hall–Kier alpha value is -2.80. The van der Waals surface area contributed by atoms with Crippen molar-refractivity contribution in [2.24, 2.45) is 0 Å². The maximum Gasteiger partial charge on any atom is 0.273 e. The lowest BCUT2D eigenvalue weighted by molar-refractivity contribution is -0.385. The van der Waals surface area contributed by atoms with E-state index in [1.165, 1.54) is 24.5 Å². The first-order valence-electron chi connectivity index (χ1n) is 6.58. The number of benzene rings is 2. The third-order valence-corrected chi connectivity index (χ3v) is 3.65. The second kappa shape index (κ2) is 5.77. The Morgan fingerprint density at radius 3 is 2.83 bits per heavy atom. The number of nitro groups is 1. The van der Waals surface area contributed by atoms with Gasteiger partial charge in [-0.1, -0.05) is 17.7 Å². The summed E-state index contributed by atoms with van der Waals surface area (Å²) in [5, 5.41) is 14.3. The van der Waals surface area contributed by atoms with Crippen LogP contribution in [0, 0.1) is 22.9 Å². The van der Waals surface area contributed by atoms with E-state index >= 15 is 0 Å². The Kier molecular flexibility index (Phi) is 3.79. The molecule has 0 aliphatic rings. The van der Waals surface area contributed by atoms with E-state index in [1.54, 1.807) is 19.1 Å². The number of halogens is 2. The van der Waals surface area contributed by atoms with E-state index in [0.29, 0.717) is 16.5 Å². The molecular weight excluding hydrogens is 323 g/mol. The predicted octanol–water partition coefficient (Wildman–Crippen LogP) is 4.38. The number of hydrogen-bond acceptors (Lipinski definition) is 5. The Balaban J connectivity index is 2.16. The minimum absolute atomic E-state index is 0.0322. The summed E-state index contributed by atoms with van der Waals surface area (Å²) < 4.78 is 14.0. The number of fused-ring (bicyclic) bond motifs is 1. The zero-order valence-corrected chi connectivity index (χ0v) is 12.6. The smallest absolute Gasteiger partial charge is 0.273 e. The van der Waals surface area contributed by atoms with Gasteiger partial charge in [0.2, 0.25) is 0 Å². The van der Waals surface area contributed by atoms with Crippen molar-refractivity contribution in [3.05, 3.63) is 63.2 Å². The van der Waals surface area contributed by atoms with Gasteiger partial charge in [-0.3, -0.25) is 10.1 Å². The molecule has 0 unspecified atom stereocenters. The maximum atomic E-state index is 14.0. The van der Waals surface area contributed by atoms with Gasteiger partial charge in [-0.15, -0.1) is 0 Å². The molecule has 23 heavy (non-hydrogen) atoms. The quantitative estimate of drug-likeness (QED) is 0.568. The van der Waals surface area contributed by atoms with Gasteiger partial charge in [0.1, 0.15) is 12.1 Å². The van der Waals surface area contributed by atoms with Crippen LogP contribution in [0.15, 0.2) is 36.7 Å². The van der Waals surface area contributed by atoms with Gasteiger partial charge < -0.3 is 5.32 Å². The summed E-state index contributed by atoms with van der Waals surface area (Å²) in [5.74, 6) is -0.359. The molecule has 1 N–H and O–H groups in total. The van der Waals surface area contributed by atoms with Crippen LogP contribution < -0.4 is 5.32 Å². The molecular formula is C15H10ClFN4O2. The molecule has 0 fully saturated rings. The van der Waals surface area contributed by atoms with Crippen LogP contribution in [0.5, 0.6) is 0 Å². The predicted molar refractivity (Wildman–Crippen MR) is 85.6 cm³/mol. The van der Waals surface area contributed by atoms with Crippen LogP contribution in [0.25, 0.3) is 10.9 Å². The Bertz CT molecular complexity index is 933. The molecule has 0 saturated heterocycles. The number of nitrogens with one attached hydrogen (secondary N) is 1. The van der Waals surface area contributed by atoms with Crippen molar-refractivity contribution in [2.45, 2.75) is 6.92 Å². The molecule has 0 aliphatic heterocycles. The van der Waals surface area contributed by atoms with Crippen LogP contribution in [-0.4, -0.2) is 14.9 Å². The van der Waals surface area contributed by atoms with Crippen molar-refractivity contribution in [1.82, 2.24) is 9.97 Å². The van der Waals surface area contributed by atoms with E-state index in [-0.39, 0.29) is 22.2 Å². The maximum absolute atomic E-state index is 14.0. The molecule has 116 valence electrons. The number of aromatic nitrogens is 2. The van der Waals surface area contributed by atoms with Gasteiger partial charge in [0.15, 0.2) is 5.82 Å². The van der Waals surface area contributed by atoms with Crippen molar-refractivity contribution in [3.63, 3.8) is 0 Å². The van der Waals surface area contributed by atoms with E-state index in [2.05, 4.69) is 15.3 Å². The van der Waals surface area contributed by atoms with Crippen molar-refractivity contribution in [3.8, 4) is 0 Å². The summed E-state index contributed by atoms with van der Waals surface area (Å²) in [6.07, 6.45) is 1.30. The number of rotatable bonds is 3. The number of anilines is 2. The van der Waals surface area contributed by atoms with E-state index < -0.39 is 10.7 Å². The largest absolute Gasteiger partial charge is 0.337 e. The average Bonchev–Trinajstić information content (AvgIpc) is 2.51. The average molecular weight is 333 g/mol. The van der Waals surface area contributed by atoms with Gasteiger partial charge in [0, 0.05) is 17.0 Å². The van der Waals surface area contributed by atoms with Crippen LogP contribution in [0.2, 0.25) is 5.02 Å². The van der Waals surface area contributed by atoms with E-state index in [9.17, 15) is 14.5 Å². The molecule has 0 radical (unpaired) electrons. The first-order chi connectivity index (χ1) is 11.0. The van der Waals surface area contributed by atoms with Crippen molar-refractivity contribution in [2.75, 3.05) is 5.32 Å². The number of nitro benzene ring substituents is 1. The lowest BCUT2D eigenvalue weighted by atomic mass is 10.1. The topological polar surface area (TPSA) is 81.0 Å². The summed E-state index contributed by atoms with van der Waals surface area (Å²) in [6, 6.07) is 7.47. The number of nitrogens with zero attached hydrogens (tertiary/aromatic N) is 3. The molecule has 3 aromatic rings. The highest BCUT2D eigenvalue weighted by Gasteiger charge is 2.16. The summed E-state index contributed by atoms with van der Waals surface area (Å²) >= 11 is 5.75. The van der Waals surface area contributed by atoms with Crippen molar-refractivity contribution in [1.29, 1.82) is 0 Å². The van der Waals surface area contributed by atoms with E-state index in [4.69, 9.17) is 11.6 Å². The third kappa shape index (κ3) is 2.78. The molecule has 6 nitrogen and oxygen atoms in total. The first kappa shape index (κ1) is 15.1. The minimum Gasteiger partial charge on any atom is -0.337 e. The lowest BCUT2D eigenvalue weighted by Crippen LogP contribution is -2.00. The molecule has 0 spiro atoms. The fraction of sp³-hybridized carbons (Fsp3) is 0.0667. The molecule has 8 heteroatoms. The molecule has 1 aromatic heterocycles. The van der Waals surface area contributed by atoms with Gasteiger partial charge in [-0.2, -0.15) is 0 Å². The highest BCUT2D eigenvalue weighted by Crippen LogP contribution is 2.31. The number of aryl methyl sites for hydroxylation is 1. The van der Waals surface area contributed by atoms with Gasteiger partial charge in [0.05, 0.1) is 21.2 Å². The molecule has 1 heterocycles. The second-order valence-electron chi connectivity index (χ2n) is 4.86. The lowest BCUT2D eigenvalue weighted by Gasteiger charge is -2.10. The molecule has 0 atom stereocenters. The van der Waals surface area contributed by atoms with Crippen LogP contribution in [0.1, 0.15) is 5.56 Å². The summed E-state index contributed by atoms with van der Waals surface area (Å²) in [6.45, 7) is 1.63. The Morgan fingerprint density at radius 1 is 1.30 bits per heavy atom. The molecule has 2 aromatic carbocycles. The van der Waals surface area contributed by atoms with E-state index in [1.807, 2.05) is 0 Å². The van der Waals surface area contributed by atoms with Crippen LogP contribution in [0.3, 0.4) is 0 Å². The molecule has 0 saturated carbocycles. The standard InChI is InChI=1S/C15H10ClFN4O2/c1-8-5-12-9(6-13(8)21(22)23)15(19-7-18-12)20-11-4-2-3-10(16)14(11)17/h2-7H,1H3,(H,18,19,20). The van der Waals surface area contributed by atoms with Gasteiger partial charge >= 0.3 is 0 Å². The molecule has 0 bridgehead atoms. The van der Waals surface area contributed by atoms with Crippen molar-refractivity contribution < 1.29 is 9.31 Å². The van der Waals surface area contributed by atoms with E-state index in [0.717, 1.165) is 0 Å². The zero-order valence-electron chi connectivity index (χ0n) is 11.9. The fourth-order valence-electron chi connectivity index (χ4n) is 2.22. The Labute approximate surface area is 135 Å². The van der Waals surface area contributed by atoms with Gasteiger partial charge in [0.25, 0.3) is 5.69 Å². The molecule has 3 rings (SSSR count). The normalized spacial score (nSPS) is 10.7. The SMILES string of the molecule is Cc1cc2ncnc(Nc3cccc(Cl)c3F)c2cc1[N+](=O)[O-]. The van der Waals surface area contributed by atoms with Gasteiger partial charge in [-0.25, -0.2) is 14.4 Å². The Morgan fingerprint density at radius 2 is 2.09 bits per heavy atom. The van der Waals surface area contributed by atoms with Crippen molar-refractivity contribution >= 4 is 39.7 Å². The van der Waals surface area contributed by atoms with Crippen LogP contribution in [-0.2, 0) is 0 Å². The highest BCUT2D eigenvalue weighted by molar-refractivity contribution is 6.31. The van der Waals surface area contributed by atoms with Crippen LogP contribution in [0.4, 0.5) is 21.6 Å². The zero-order chi connectivity index (χ0) is 16.6. The second-order valence-corrected chi connectivity index (χ2v) is 5.27. The highest BCUT2D eigenvalue weighted by atomic mass is 35.5. The monoisotopic (exact) mass is 332 g/mol. The number of hydrogen-bond donors (Lipinski definition) is 1. The summed E-state index contributed by atoms with van der Waals surface area (Å²) in [5.41, 5.74) is 1.08. The summed E-state index contributed by atoms with van der Waals surface area (Å²) in [7, 11) is 0. The first-order valence-corrected chi connectivity index (χ1v) is 6.96.